The van der Waals surface area contributed by atoms with Crippen LogP contribution in [-0.4, -0.2) is 43.5 Å². The van der Waals surface area contributed by atoms with E-state index in [0.29, 0.717) is 11.2 Å². The van der Waals surface area contributed by atoms with Gasteiger partial charge in [-0.1, -0.05) is 11.8 Å². The zero-order chi connectivity index (χ0) is 17.2. The van der Waals surface area contributed by atoms with E-state index in [9.17, 15) is 9.59 Å². The first-order chi connectivity index (χ1) is 12.2. The predicted octanol–water partition coefficient (Wildman–Crippen LogP) is 1.76. The molecular weight excluding hydrogens is 340 g/mol. The summed E-state index contributed by atoms with van der Waals surface area (Å²) >= 11 is 1.29. The van der Waals surface area contributed by atoms with Gasteiger partial charge in [0.1, 0.15) is 0 Å². The molecule has 0 spiro atoms. The van der Waals surface area contributed by atoms with Crippen molar-refractivity contribution >= 4 is 23.7 Å². The molecule has 8 nitrogen and oxygen atoms in total. The van der Waals surface area contributed by atoms with Crippen molar-refractivity contribution in [2.75, 3.05) is 5.75 Å². The highest BCUT2D eigenvalue weighted by atomic mass is 32.2. The Balaban J connectivity index is 1.41. The van der Waals surface area contributed by atoms with Crippen LogP contribution < -0.4 is 10.6 Å². The third kappa shape index (κ3) is 3.98. The topological polar surface area (TPSA) is 102 Å². The van der Waals surface area contributed by atoms with Crippen molar-refractivity contribution < 1.29 is 9.59 Å². The van der Waals surface area contributed by atoms with Crippen molar-refractivity contribution in [3.63, 3.8) is 0 Å². The van der Waals surface area contributed by atoms with Crippen molar-refractivity contribution in [3.05, 3.63) is 24.5 Å². The number of hydrogen-bond donors (Lipinski definition) is 2. The second kappa shape index (κ2) is 6.83. The molecule has 2 aliphatic rings. The van der Waals surface area contributed by atoms with Crippen LogP contribution in [-0.2, 0) is 4.79 Å². The van der Waals surface area contributed by atoms with E-state index in [1.807, 2.05) is 12.1 Å². The standard InChI is InChI=1S/C16H18N6O2S/c23-13(19-15(24)18-11-3-4-11)9-25-16-21-20-14(22(16)12-5-6-12)10-2-1-7-17-8-10/h1-2,7-8,11-12H,3-6,9H2,(H2,18,19,23,24). The Morgan fingerprint density at radius 2 is 2.08 bits per heavy atom. The summed E-state index contributed by atoms with van der Waals surface area (Å²) in [5, 5.41) is 14.3. The summed E-state index contributed by atoms with van der Waals surface area (Å²) in [5.41, 5.74) is 0.905. The number of rotatable bonds is 6. The van der Waals surface area contributed by atoms with E-state index in [4.69, 9.17) is 0 Å². The van der Waals surface area contributed by atoms with Gasteiger partial charge in [0.05, 0.1) is 5.75 Å². The first kappa shape index (κ1) is 16.1. The average molecular weight is 358 g/mol. The highest BCUT2D eigenvalue weighted by Crippen LogP contribution is 2.40. The number of carbonyl (C=O) groups excluding carboxylic acids is 2. The molecule has 2 heterocycles. The molecule has 130 valence electrons. The summed E-state index contributed by atoms with van der Waals surface area (Å²) in [5.74, 6) is 0.553. The lowest BCUT2D eigenvalue weighted by molar-refractivity contribution is -0.117. The Hall–Kier alpha value is -2.42. The molecule has 0 saturated heterocycles. The number of carbonyl (C=O) groups is 2. The molecule has 9 heteroatoms. The van der Waals surface area contributed by atoms with E-state index in [-0.39, 0.29) is 17.7 Å². The van der Waals surface area contributed by atoms with Crippen LogP contribution in [0.3, 0.4) is 0 Å². The molecule has 0 aromatic carbocycles. The quantitative estimate of drug-likeness (QED) is 0.763. The van der Waals surface area contributed by atoms with Crippen LogP contribution in [0.25, 0.3) is 11.4 Å². The van der Waals surface area contributed by atoms with Gasteiger partial charge in [-0.05, 0) is 37.8 Å². The molecule has 0 unspecified atom stereocenters. The molecule has 0 atom stereocenters. The maximum atomic E-state index is 11.9. The van der Waals surface area contributed by atoms with Gasteiger partial charge >= 0.3 is 6.03 Å². The van der Waals surface area contributed by atoms with Gasteiger partial charge < -0.3 is 5.32 Å². The lowest BCUT2D eigenvalue weighted by Crippen LogP contribution is -2.41. The molecule has 0 bridgehead atoms. The Labute approximate surface area is 148 Å². The summed E-state index contributed by atoms with van der Waals surface area (Å²) in [7, 11) is 0. The lowest BCUT2D eigenvalue weighted by Gasteiger charge is -2.09. The van der Waals surface area contributed by atoms with E-state index < -0.39 is 6.03 Å². The molecule has 2 fully saturated rings. The SMILES string of the molecule is O=C(CSc1nnc(-c2cccnc2)n1C1CC1)NC(=O)NC1CC1. The fraction of sp³-hybridized carbons (Fsp3) is 0.438. The lowest BCUT2D eigenvalue weighted by atomic mass is 10.3. The highest BCUT2D eigenvalue weighted by Gasteiger charge is 2.30. The Morgan fingerprint density at radius 1 is 1.24 bits per heavy atom. The summed E-state index contributed by atoms with van der Waals surface area (Å²) < 4.78 is 2.07. The van der Waals surface area contributed by atoms with Gasteiger partial charge in [0.25, 0.3) is 0 Å². The zero-order valence-corrected chi connectivity index (χ0v) is 14.3. The first-order valence-corrected chi connectivity index (χ1v) is 9.27. The van der Waals surface area contributed by atoms with Gasteiger partial charge in [0.2, 0.25) is 5.91 Å². The van der Waals surface area contributed by atoms with Crippen LogP contribution in [0, 0.1) is 0 Å². The van der Waals surface area contributed by atoms with E-state index in [2.05, 4.69) is 30.4 Å². The molecule has 2 aromatic rings. The number of pyridine rings is 1. The van der Waals surface area contributed by atoms with Gasteiger partial charge in [-0.2, -0.15) is 0 Å². The second-order valence-electron chi connectivity index (χ2n) is 6.23. The minimum Gasteiger partial charge on any atom is -0.335 e. The van der Waals surface area contributed by atoms with Crippen LogP contribution in [0.1, 0.15) is 31.7 Å². The number of urea groups is 1. The van der Waals surface area contributed by atoms with Crippen LogP contribution in [0.5, 0.6) is 0 Å². The van der Waals surface area contributed by atoms with Gasteiger partial charge in [-0.3, -0.25) is 19.7 Å². The van der Waals surface area contributed by atoms with Crippen molar-refractivity contribution in [2.24, 2.45) is 0 Å². The molecule has 2 N–H and O–H groups in total. The van der Waals surface area contributed by atoms with E-state index in [0.717, 1.165) is 37.1 Å². The summed E-state index contributed by atoms with van der Waals surface area (Å²) in [6.07, 6.45) is 7.60. The van der Waals surface area contributed by atoms with Gasteiger partial charge in [-0.15, -0.1) is 10.2 Å². The van der Waals surface area contributed by atoms with Crippen LogP contribution in [0.2, 0.25) is 0 Å². The number of imide groups is 1. The normalized spacial score (nSPS) is 16.5. The molecule has 3 amide bonds. The van der Waals surface area contributed by atoms with Gasteiger partial charge in [0.15, 0.2) is 11.0 Å². The third-order valence-electron chi connectivity index (χ3n) is 3.99. The maximum Gasteiger partial charge on any atom is 0.321 e. The summed E-state index contributed by atoms with van der Waals surface area (Å²) in [6.45, 7) is 0. The molecule has 0 aliphatic heterocycles. The molecule has 2 aromatic heterocycles. The zero-order valence-electron chi connectivity index (χ0n) is 13.5. The third-order valence-corrected chi connectivity index (χ3v) is 4.94. The minimum atomic E-state index is -0.423. The molecule has 0 radical (unpaired) electrons. The van der Waals surface area contributed by atoms with Crippen molar-refractivity contribution in [3.8, 4) is 11.4 Å². The fourth-order valence-electron chi connectivity index (χ4n) is 2.47. The van der Waals surface area contributed by atoms with Crippen LogP contribution in [0.15, 0.2) is 29.7 Å². The van der Waals surface area contributed by atoms with Crippen LogP contribution in [0.4, 0.5) is 4.79 Å². The molecular formula is C16H18N6O2S. The summed E-state index contributed by atoms with van der Waals surface area (Å²) in [6, 6.07) is 3.97. The molecule has 2 saturated carbocycles. The maximum absolute atomic E-state index is 11.9. The van der Waals surface area contributed by atoms with Crippen molar-refractivity contribution in [1.29, 1.82) is 0 Å². The molecule has 4 rings (SSSR count). The highest BCUT2D eigenvalue weighted by molar-refractivity contribution is 7.99. The Bertz CT molecular complexity index is 785. The molecule has 25 heavy (non-hydrogen) atoms. The van der Waals surface area contributed by atoms with Gasteiger partial charge in [-0.25, -0.2) is 4.79 Å². The molecule has 2 aliphatic carbocycles. The Morgan fingerprint density at radius 3 is 2.76 bits per heavy atom. The van der Waals surface area contributed by atoms with E-state index in [1.54, 1.807) is 12.4 Å². The number of nitrogens with one attached hydrogen (secondary N) is 2. The average Bonchev–Trinajstić information content (AvgIpc) is 3.54. The minimum absolute atomic E-state index is 0.121. The van der Waals surface area contributed by atoms with Crippen molar-refractivity contribution in [1.82, 2.24) is 30.4 Å². The number of thioether (sulfide) groups is 1. The number of nitrogens with zero attached hydrogens (tertiary/aromatic N) is 4. The predicted molar refractivity (Wildman–Crippen MR) is 91.9 cm³/mol. The largest absolute Gasteiger partial charge is 0.335 e. The monoisotopic (exact) mass is 358 g/mol. The van der Waals surface area contributed by atoms with Crippen LogP contribution >= 0.6 is 11.8 Å². The van der Waals surface area contributed by atoms with Gasteiger partial charge in [0, 0.05) is 30.0 Å². The Kier molecular flexibility index (Phi) is 4.39. The fourth-order valence-corrected chi connectivity index (χ4v) is 3.28. The number of hydrogen-bond acceptors (Lipinski definition) is 6. The van der Waals surface area contributed by atoms with Crippen molar-refractivity contribution in [2.45, 2.75) is 42.9 Å². The first-order valence-electron chi connectivity index (χ1n) is 8.29. The summed E-state index contributed by atoms with van der Waals surface area (Å²) in [4.78, 5) is 27.7. The number of amides is 3. The van der Waals surface area contributed by atoms with E-state index in [1.165, 1.54) is 11.8 Å². The van der Waals surface area contributed by atoms with E-state index >= 15 is 0 Å². The second-order valence-corrected chi connectivity index (χ2v) is 7.18. The number of aromatic nitrogens is 4. The smallest absolute Gasteiger partial charge is 0.321 e.